The minimum Gasteiger partial charge on any atom is -0.294 e. The Kier molecular flexibility index (Phi) is 2.42. The van der Waals surface area contributed by atoms with Gasteiger partial charge in [0, 0.05) is 17.6 Å². The molecule has 2 fully saturated rings. The molecule has 1 aliphatic heterocycles. The van der Waals surface area contributed by atoms with Crippen molar-refractivity contribution in [1.82, 2.24) is 4.90 Å². The molecule has 0 aromatic rings. The molecule has 2 aliphatic rings. The van der Waals surface area contributed by atoms with E-state index in [1.807, 2.05) is 0 Å². The van der Waals surface area contributed by atoms with Gasteiger partial charge in [-0.3, -0.25) is 4.90 Å². The lowest BCUT2D eigenvalue weighted by Crippen LogP contribution is -2.49. The van der Waals surface area contributed by atoms with Gasteiger partial charge in [-0.25, -0.2) is 0 Å². The molecule has 0 radical (unpaired) electrons. The van der Waals surface area contributed by atoms with E-state index in [0.29, 0.717) is 5.54 Å². The van der Waals surface area contributed by atoms with Crippen LogP contribution in [0.4, 0.5) is 0 Å². The molecule has 1 nitrogen and oxygen atoms in total. The van der Waals surface area contributed by atoms with Crippen molar-refractivity contribution in [3.8, 4) is 0 Å². The summed E-state index contributed by atoms with van der Waals surface area (Å²) in [5, 5.41) is 0. The predicted octanol–water partition coefficient (Wildman–Crippen LogP) is 2.76. The van der Waals surface area contributed by atoms with E-state index in [-0.39, 0.29) is 0 Å². The highest BCUT2D eigenvalue weighted by Crippen LogP contribution is 2.45. The number of nitrogens with zero attached hydrogens (tertiary/aromatic N) is 1. The van der Waals surface area contributed by atoms with Crippen molar-refractivity contribution in [2.24, 2.45) is 0 Å². The summed E-state index contributed by atoms with van der Waals surface area (Å²) in [6, 6.07) is 0. The standard InChI is InChI=1S/C10H16ClN/c11-7-3-9-12-8-2-6-10(12)4-1-5-10/h3,7H,1-2,4-6,8-9H2/b7-3+. The molecule has 1 saturated carbocycles. The van der Waals surface area contributed by atoms with Crippen molar-refractivity contribution in [2.45, 2.75) is 37.6 Å². The van der Waals surface area contributed by atoms with E-state index in [9.17, 15) is 0 Å². The summed E-state index contributed by atoms with van der Waals surface area (Å²) < 4.78 is 0. The topological polar surface area (TPSA) is 3.24 Å². The predicted molar refractivity (Wildman–Crippen MR) is 52.4 cm³/mol. The first-order valence-corrected chi connectivity index (χ1v) is 5.31. The van der Waals surface area contributed by atoms with Gasteiger partial charge in [0.05, 0.1) is 0 Å². The van der Waals surface area contributed by atoms with Crippen molar-refractivity contribution in [2.75, 3.05) is 13.1 Å². The highest BCUT2D eigenvalue weighted by molar-refractivity contribution is 6.25. The molecule has 1 aliphatic carbocycles. The third-order valence-electron chi connectivity index (χ3n) is 3.44. The van der Waals surface area contributed by atoms with E-state index in [4.69, 9.17) is 11.6 Å². The van der Waals surface area contributed by atoms with Crippen LogP contribution in [0.25, 0.3) is 0 Å². The molecule has 0 aromatic carbocycles. The second-order valence-corrected chi connectivity index (χ2v) is 4.24. The van der Waals surface area contributed by atoms with E-state index in [1.165, 1.54) is 38.6 Å². The van der Waals surface area contributed by atoms with Crippen LogP contribution < -0.4 is 0 Å². The third kappa shape index (κ3) is 1.29. The van der Waals surface area contributed by atoms with E-state index in [0.717, 1.165) is 6.54 Å². The minimum absolute atomic E-state index is 0.608. The van der Waals surface area contributed by atoms with Crippen molar-refractivity contribution in [1.29, 1.82) is 0 Å². The Bertz CT molecular complexity index is 184. The summed E-state index contributed by atoms with van der Waals surface area (Å²) >= 11 is 5.53. The zero-order valence-electron chi connectivity index (χ0n) is 7.43. The lowest BCUT2D eigenvalue weighted by Gasteiger charge is -2.45. The molecular formula is C10H16ClN. The smallest absolute Gasteiger partial charge is 0.0213 e. The van der Waals surface area contributed by atoms with Crippen LogP contribution >= 0.6 is 11.6 Å². The Morgan fingerprint density at radius 3 is 2.58 bits per heavy atom. The largest absolute Gasteiger partial charge is 0.294 e. The van der Waals surface area contributed by atoms with E-state index >= 15 is 0 Å². The summed E-state index contributed by atoms with van der Waals surface area (Å²) in [5.41, 5.74) is 2.25. The maximum absolute atomic E-state index is 5.53. The fourth-order valence-electron chi connectivity index (χ4n) is 2.60. The average molecular weight is 186 g/mol. The molecule has 2 heteroatoms. The number of rotatable bonds is 2. The molecule has 0 atom stereocenters. The van der Waals surface area contributed by atoms with Crippen LogP contribution in [-0.4, -0.2) is 23.5 Å². The van der Waals surface area contributed by atoms with Crippen LogP contribution in [0.1, 0.15) is 32.1 Å². The Morgan fingerprint density at radius 2 is 2.00 bits per heavy atom. The van der Waals surface area contributed by atoms with E-state index < -0.39 is 0 Å². The van der Waals surface area contributed by atoms with Crippen LogP contribution in [0.3, 0.4) is 0 Å². The minimum atomic E-state index is 0.608. The highest BCUT2D eigenvalue weighted by atomic mass is 35.5. The SMILES string of the molecule is Cl/C=C/CN1CCCC12CCC2. The Hall–Kier alpha value is -0.0100. The van der Waals surface area contributed by atoms with Gasteiger partial charge < -0.3 is 0 Å². The van der Waals surface area contributed by atoms with Crippen molar-refractivity contribution in [3.05, 3.63) is 11.6 Å². The fraction of sp³-hybridized carbons (Fsp3) is 0.800. The quantitative estimate of drug-likeness (QED) is 0.640. The van der Waals surface area contributed by atoms with Crippen LogP contribution in [0.2, 0.25) is 0 Å². The molecule has 0 aromatic heterocycles. The normalized spacial score (nSPS) is 28.4. The first-order chi connectivity index (χ1) is 5.87. The van der Waals surface area contributed by atoms with Crippen LogP contribution in [0, 0.1) is 0 Å². The van der Waals surface area contributed by atoms with Gasteiger partial charge in [0.25, 0.3) is 0 Å². The number of hydrogen-bond acceptors (Lipinski definition) is 1. The second kappa shape index (κ2) is 3.39. The van der Waals surface area contributed by atoms with Gasteiger partial charge in [-0.05, 0) is 38.6 Å². The molecule has 0 unspecified atom stereocenters. The van der Waals surface area contributed by atoms with E-state index in [1.54, 1.807) is 5.54 Å². The maximum Gasteiger partial charge on any atom is 0.0213 e. The lowest BCUT2D eigenvalue weighted by molar-refractivity contribution is 0.0667. The van der Waals surface area contributed by atoms with E-state index in [2.05, 4.69) is 11.0 Å². The summed E-state index contributed by atoms with van der Waals surface area (Å²) in [4.78, 5) is 2.61. The van der Waals surface area contributed by atoms with Crippen LogP contribution in [0.15, 0.2) is 11.6 Å². The zero-order valence-corrected chi connectivity index (χ0v) is 8.19. The lowest BCUT2D eigenvalue weighted by atomic mass is 9.75. The number of likely N-dealkylation sites (tertiary alicyclic amines) is 1. The molecular weight excluding hydrogens is 170 g/mol. The first kappa shape index (κ1) is 8.58. The maximum atomic E-state index is 5.53. The number of halogens is 1. The third-order valence-corrected chi connectivity index (χ3v) is 3.62. The van der Waals surface area contributed by atoms with Gasteiger partial charge in [-0.15, -0.1) is 0 Å². The van der Waals surface area contributed by atoms with Gasteiger partial charge in [-0.1, -0.05) is 17.7 Å². The average Bonchev–Trinajstić information content (AvgIpc) is 2.42. The van der Waals surface area contributed by atoms with Crippen LogP contribution in [-0.2, 0) is 0 Å². The molecule has 1 spiro atoms. The summed E-state index contributed by atoms with van der Waals surface area (Å²) in [7, 11) is 0. The number of hydrogen-bond donors (Lipinski definition) is 0. The molecule has 0 N–H and O–H groups in total. The first-order valence-electron chi connectivity index (χ1n) is 4.88. The van der Waals surface area contributed by atoms with Gasteiger partial charge in [0.2, 0.25) is 0 Å². The van der Waals surface area contributed by atoms with Crippen molar-refractivity contribution in [3.63, 3.8) is 0 Å². The molecule has 0 amide bonds. The molecule has 2 rings (SSSR count). The van der Waals surface area contributed by atoms with Gasteiger partial charge in [-0.2, -0.15) is 0 Å². The molecule has 1 saturated heterocycles. The Morgan fingerprint density at radius 1 is 1.25 bits per heavy atom. The second-order valence-electron chi connectivity index (χ2n) is 3.99. The highest BCUT2D eigenvalue weighted by Gasteiger charge is 2.44. The molecule has 0 bridgehead atoms. The monoisotopic (exact) mass is 185 g/mol. The summed E-state index contributed by atoms with van der Waals surface area (Å²) in [6.07, 6.45) is 9.14. The van der Waals surface area contributed by atoms with Crippen molar-refractivity contribution < 1.29 is 0 Å². The van der Waals surface area contributed by atoms with Gasteiger partial charge in [0.1, 0.15) is 0 Å². The van der Waals surface area contributed by atoms with Gasteiger partial charge in [0.15, 0.2) is 0 Å². The molecule has 12 heavy (non-hydrogen) atoms. The zero-order chi connectivity index (χ0) is 8.44. The molecule has 1 heterocycles. The molecule has 68 valence electrons. The van der Waals surface area contributed by atoms with Crippen LogP contribution in [0.5, 0.6) is 0 Å². The Labute approximate surface area is 79.4 Å². The van der Waals surface area contributed by atoms with Crippen molar-refractivity contribution >= 4 is 11.6 Å². The summed E-state index contributed by atoms with van der Waals surface area (Å²) in [5.74, 6) is 0. The fourth-order valence-corrected chi connectivity index (χ4v) is 2.68. The Balaban J connectivity index is 1.95. The summed E-state index contributed by atoms with van der Waals surface area (Å²) in [6.45, 7) is 2.34. The van der Waals surface area contributed by atoms with Gasteiger partial charge >= 0.3 is 0 Å².